The maximum Gasteiger partial charge on any atom is 0.227 e. The first-order valence-corrected chi connectivity index (χ1v) is 7.16. The van der Waals surface area contributed by atoms with E-state index in [-0.39, 0.29) is 11.9 Å². The van der Waals surface area contributed by atoms with Gasteiger partial charge in [-0.3, -0.25) is 4.79 Å². The highest BCUT2D eigenvalue weighted by Gasteiger charge is 2.25. The molecule has 1 fully saturated rings. The Morgan fingerprint density at radius 1 is 1.26 bits per heavy atom. The van der Waals surface area contributed by atoms with Crippen LogP contribution in [0.3, 0.4) is 0 Å². The summed E-state index contributed by atoms with van der Waals surface area (Å²) >= 11 is 0. The summed E-state index contributed by atoms with van der Waals surface area (Å²) in [6.07, 6.45) is 5.14. The molecule has 0 radical (unpaired) electrons. The van der Waals surface area contributed by atoms with Crippen LogP contribution in [0.1, 0.15) is 37.7 Å². The Morgan fingerprint density at radius 2 is 1.89 bits per heavy atom. The monoisotopic (exact) mass is 260 g/mol. The lowest BCUT2D eigenvalue weighted by Crippen LogP contribution is -2.37. The first-order chi connectivity index (χ1) is 9.08. The number of carbonyl (C=O) groups is 1. The van der Waals surface area contributed by atoms with Crippen LogP contribution in [0.4, 0.5) is 5.69 Å². The Kier molecular flexibility index (Phi) is 4.59. The maximum absolute atomic E-state index is 12.3. The summed E-state index contributed by atoms with van der Waals surface area (Å²) in [6.45, 7) is 2.05. The number of nitrogens with zero attached hydrogens (tertiary/aromatic N) is 1. The van der Waals surface area contributed by atoms with Gasteiger partial charge in [-0.1, -0.05) is 30.5 Å². The van der Waals surface area contributed by atoms with E-state index in [1.54, 1.807) is 4.90 Å². The van der Waals surface area contributed by atoms with Crippen molar-refractivity contribution in [3.63, 3.8) is 0 Å². The van der Waals surface area contributed by atoms with Gasteiger partial charge >= 0.3 is 0 Å². The molecule has 0 aliphatic heterocycles. The number of nitrogens with two attached hydrogens (primary N) is 1. The Morgan fingerprint density at radius 3 is 2.53 bits per heavy atom. The van der Waals surface area contributed by atoms with Crippen LogP contribution in [0.15, 0.2) is 24.3 Å². The van der Waals surface area contributed by atoms with E-state index in [1.165, 1.54) is 18.4 Å². The van der Waals surface area contributed by atoms with Crippen molar-refractivity contribution < 1.29 is 4.79 Å². The summed E-state index contributed by atoms with van der Waals surface area (Å²) in [6, 6.07) is 8.25. The number of aryl methyl sites for hydroxylation is 1. The smallest absolute Gasteiger partial charge is 0.227 e. The van der Waals surface area contributed by atoms with Crippen molar-refractivity contribution in [3.05, 3.63) is 29.8 Å². The number of amides is 1. The number of rotatable bonds is 3. The van der Waals surface area contributed by atoms with Gasteiger partial charge in [0.2, 0.25) is 5.91 Å². The van der Waals surface area contributed by atoms with Crippen LogP contribution in [0.5, 0.6) is 0 Å². The molecule has 0 bridgehead atoms. The van der Waals surface area contributed by atoms with Gasteiger partial charge in [-0.2, -0.15) is 0 Å². The van der Waals surface area contributed by atoms with E-state index in [4.69, 9.17) is 5.73 Å². The van der Waals surface area contributed by atoms with Crippen molar-refractivity contribution in [2.45, 2.75) is 45.1 Å². The van der Waals surface area contributed by atoms with Crippen molar-refractivity contribution in [2.24, 2.45) is 11.7 Å². The number of carbonyl (C=O) groups excluding carboxylic acids is 1. The summed E-state index contributed by atoms with van der Waals surface area (Å²) < 4.78 is 0. The number of benzene rings is 1. The molecule has 0 spiro atoms. The number of hydrogen-bond donors (Lipinski definition) is 1. The molecule has 1 amide bonds. The quantitative estimate of drug-likeness (QED) is 0.908. The minimum absolute atomic E-state index is 0.172. The second-order valence-corrected chi connectivity index (χ2v) is 5.70. The number of anilines is 1. The summed E-state index contributed by atoms with van der Waals surface area (Å²) in [5.41, 5.74) is 8.28. The first-order valence-electron chi connectivity index (χ1n) is 7.16. The van der Waals surface area contributed by atoms with E-state index >= 15 is 0 Å². The molecule has 3 heteroatoms. The Bertz CT molecular complexity index is 427. The van der Waals surface area contributed by atoms with Crippen molar-refractivity contribution in [2.75, 3.05) is 11.9 Å². The Hall–Kier alpha value is -1.35. The van der Waals surface area contributed by atoms with Crippen molar-refractivity contribution >= 4 is 11.6 Å². The predicted molar refractivity (Wildman–Crippen MR) is 79.1 cm³/mol. The first kappa shape index (κ1) is 14.1. The van der Waals surface area contributed by atoms with E-state index in [9.17, 15) is 4.79 Å². The topological polar surface area (TPSA) is 46.3 Å². The molecule has 1 aromatic rings. The van der Waals surface area contributed by atoms with E-state index in [0.29, 0.717) is 12.3 Å². The van der Waals surface area contributed by atoms with E-state index in [1.807, 2.05) is 38.2 Å². The standard InChI is InChI=1S/C16H24N2O/c1-12-7-9-14(10-8-12)18(2)16(19)11-13-5-3-4-6-15(13)17/h7-10,13,15H,3-6,11,17H2,1-2H3. The normalized spacial score (nSPS) is 23.1. The van der Waals surface area contributed by atoms with Crippen LogP contribution >= 0.6 is 0 Å². The van der Waals surface area contributed by atoms with Gasteiger partial charge in [0, 0.05) is 25.2 Å². The molecular weight excluding hydrogens is 236 g/mol. The van der Waals surface area contributed by atoms with Crippen LogP contribution in [-0.4, -0.2) is 19.0 Å². The molecule has 0 saturated heterocycles. The van der Waals surface area contributed by atoms with Gasteiger partial charge < -0.3 is 10.6 Å². The fraction of sp³-hybridized carbons (Fsp3) is 0.562. The van der Waals surface area contributed by atoms with Crippen molar-refractivity contribution in [1.29, 1.82) is 0 Å². The highest BCUT2D eigenvalue weighted by molar-refractivity contribution is 5.92. The van der Waals surface area contributed by atoms with E-state index in [2.05, 4.69) is 0 Å². The average Bonchev–Trinajstić information content (AvgIpc) is 2.41. The molecule has 1 aliphatic carbocycles. The van der Waals surface area contributed by atoms with E-state index < -0.39 is 0 Å². The van der Waals surface area contributed by atoms with Crippen LogP contribution in [0, 0.1) is 12.8 Å². The number of hydrogen-bond acceptors (Lipinski definition) is 2. The van der Waals surface area contributed by atoms with Crippen molar-refractivity contribution in [3.8, 4) is 0 Å². The average molecular weight is 260 g/mol. The molecule has 1 aliphatic rings. The van der Waals surface area contributed by atoms with Gasteiger partial charge in [0.1, 0.15) is 0 Å². The molecule has 2 atom stereocenters. The second-order valence-electron chi connectivity index (χ2n) is 5.70. The predicted octanol–water partition coefficient (Wildman–Crippen LogP) is 2.87. The molecular formula is C16H24N2O. The Balaban J connectivity index is 1.97. The van der Waals surface area contributed by atoms with Crippen molar-refractivity contribution in [1.82, 2.24) is 0 Å². The van der Waals surface area contributed by atoms with Gasteiger partial charge in [-0.05, 0) is 37.8 Å². The second kappa shape index (κ2) is 6.20. The molecule has 1 aromatic carbocycles. The van der Waals surface area contributed by atoms with Crippen LogP contribution in [0.25, 0.3) is 0 Å². The van der Waals surface area contributed by atoms with Gasteiger partial charge in [0.25, 0.3) is 0 Å². The van der Waals surface area contributed by atoms with Gasteiger partial charge in [0.05, 0.1) is 0 Å². The molecule has 1 saturated carbocycles. The van der Waals surface area contributed by atoms with Gasteiger partial charge in [-0.25, -0.2) is 0 Å². The molecule has 2 N–H and O–H groups in total. The lowest BCUT2D eigenvalue weighted by Gasteiger charge is -2.29. The molecule has 2 rings (SSSR count). The third-order valence-electron chi connectivity index (χ3n) is 4.20. The summed E-state index contributed by atoms with van der Waals surface area (Å²) in [4.78, 5) is 14.1. The molecule has 19 heavy (non-hydrogen) atoms. The molecule has 0 aromatic heterocycles. The molecule has 2 unspecified atom stereocenters. The maximum atomic E-state index is 12.3. The summed E-state index contributed by atoms with van der Waals surface area (Å²) in [7, 11) is 1.85. The van der Waals surface area contributed by atoms with Gasteiger partial charge in [0.15, 0.2) is 0 Å². The lowest BCUT2D eigenvalue weighted by atomic mass is 9.83. The van der Waals surface area contributed by atoms with Crippen LogP contribution in [-0.2, 0) is 4.79 Å². The zero-order chi connectivity index (χ0) is 13.8. The van der Waals surface area contributed by atoms with E-state index in [0.717, 1.165) is 18.5 Å². The summed E-state index contributed by atoms with van der Waals surface area (Å²) in [5.74, 6) is 0.528. The molecule has 3 nitrogen and oxygen atoms in total. The van der Waals surface area contributed by atoms with Crippen LogP contribution < -0.4 is 10.6 Å². The van der Waals surface area contributed by atoms with Gasteiger partial charge in [-0.15, -0.1) is 0 Å². The Labute approximate surface area is 115 Å². The fourth-order valence-corrected chi connectivity index (χ4v) is 2.76. The SMILES string of the molecule is Cc1ccc(N(C)C(=O)CC2CCCCC2N)cc1. The third-order valence-corrected chi connectivity index (χ3v) is 4.20. The zero-order valence-electron chi connectivity index (χ0n) is 11.9. The fourth-order valence-electron chi connectivity index (χ4n) is 2.76. The minimum atomic E-state index is 0.172. The highest BCUT2D eigenvalue weighted by Crippen LogP contribution is 2.27. The largest absolute Gasteiger partial charge is 0.327 e. The van der Waals surface area contributed by atoms with Crippen LogP contribution in [0.2, 0.25) is 0 Å². The highest BCUT2D eigenvalue weighted by atomic mass is 16.2. The third kappa shape index (κ3) is 3.57. The molecule has 0 heterocycles. The zero-order valence-corrected chi connectivity index (χ0v) is 11.9. The lowest BCUT2D eigenvalue weighted by molar-refractivity contribution is -0.119. The molecule has 104 valence electrons. The minimum Gasteiger partial charge on any atom is -0.327 e. The summed E-state index contributed by atoms with van der Waals surface area (Å²) in [5, 5.41) is 0.